The first-order valence-corrected chi connectivity index (χ1v) is 12.8. The molecule has 0 aliphatic carbocycles. The Balaban J connectivity index is 1.38. The van der Waals surface area contributed by atoms with Crippen molar-refractivity contribution in [2.45, 2.75) is 18.2 Å². The molecular formula is C21H19N3O4S3. The summed E-state index contributed by atoms with van der Waals surface area (Å²) in [6, 6.07) is 8.78. The Morgan fingerprint density at radius 1 is 1.29 bits per heavy atom. The third-order valence-corrected chi connectivity index (χ3v) is 8.60. The molecule has 2 aromatic carbocycles. The fourth-order valence-corrected chi connectivity index (χ4v) is 6.46. The van der Waals surface area contributed by atoms with Gasteiger partial charge in [-0.25, -0.2) is 18.1 Å². The van der Waals surface area contributed by atoms with E-state index in [2.05, 4.69) is 9.71 Å². The maximum atomic E-state index is 12.9. The van der Waals surface area contributed by atoms with E-state index in [1.54, 1.807) is 39.7 Å². The number of hydrogen-bond donors (Lipinski definition) is 1. The highest BCUT2D eigenvalue weighted by atomic mass is 32.2. The van der Waals surface area contributed by atoms with Gasteiger partial charge < -0.3 is 9.64 Å². The normalized spacial score (nSPS) is 13.8. The third kappa shape index (κ3) is 3.49. The average molecular weight is 474 g/mol. The summed E-state index contributed by atoms with van der Waals surface area (Å²) in [5.74, 6) is 0.516. The van der Waals surface area contributed by atoms with Crippen LogP contribution in [-0.4, -0.2) is 39.5 Å². The Morgan fingerprint density at radius 2 is 2.13 bits per heavy atom. The van der Waals surface area contributed by atoms with E-state index in [-0.39, 0.29) is 17.4 Å². The smallest absolute Gasteiger partial charge is 0.264 e. The lowest BCUT2D eigenvalue weighted by molar-refractivity contribution is -0.120. The van der Waals surface area contributed by atoms with Crippen LogP contribution < -0.4 is 14.4 Å². The number of ether oxygens (including phenoxy) is 1. The molecule has 0 fully saturated rings. The number of aryl methyl sites for hydroxylation is 1. The van der Waals surface area contributed by atoms with Crippen LogP contribution in [0.2, 0.25) is 0 Å². The fraction of sp³-hybridized carbons (Fsp3) is 0.238. The number of carbonyl (C=O) groups is 1. The van der Waals surface area contributed by atoms with Crippen LogP contribution in [0.3, 0.4) is 0 Å². The molecule has 1 aliphatic rings. The van der Waals surface area contributed by atoms with Crippen LogP contribution in [0.15, 0.2) is 40.6 Å². The molecule has 4 aromatic rings. The Labute approximate surface area is 187 Å². The number of fused-ring (bicyclic) bond motifs is 4. The van der Waals surface area contributed by atoms with Gasteiger partial charge in [0.1, 0.15) is 5.75 Å². The molecule has 3 heterocycles. The minimum absolute atomic E-state index is 0.0930. The van der Waals surface area contributed by atoms with E-state index >= 15 is 0 Å². The second-order valence-electron chi connectivity index (χ2n) is 7.20. The highest BCUT2D eigenvalue weighted by molar-refractivity contribution is 7.89. The molecule has 7 nitrogen and oxygen atoms in total. The van der Waals surface area contributed by atoms with Gasteiger partial charge in [-0.3, -0.25) is 4.79 Å². The molecule has 0 bridgehead atoms. The molecule has 1 aliphatic heterocycles. The molecular weight excluding hydrogens is 454 g/mol. The van der Waals surface area contributed by atoms with Crippen molar-refractivity contribution in [3.8, 4) is 5.75 Å². The van der Waals surface area contributed by atoms with Crippen LogP contribution in [0.25, 0.3) is 20.3 Å². The first kappa shape index (κ1) is 20.4. The molecule has 31 heavy (non-hydrogen) atoms. The number of rotatable bonds is 5. The molecule has 1 amide bonds. The molecule has 2 aromatic heterocycles. The molecule has 0 unspecified atom stereocenters. The van der Waals surface area contributed by atoms with Crippen molar-refractivity contribution in [3.05, 3.63) is 46.3 Å². The number of anilines is 1. The summed E-state index contributed by atoms with van der Waals surface area (Å²) >= 11 is 3.22. The van der Waals surface area contributed by atoms with Crippen molar-refractivity contribution in [2.24, 2.45) is 0 Å². The van der Waals surface area contributed by atoms with E-state index < -0.39 is 10.0 Å². The molecule has 0 spiro atoms. The van der Waals surface area contributed by atoms with Crippen LogP contribution in [-0.2, 0) is 21.2 Å². The molecule has 5 rings (SSSR count). The van der Waals surface area contributed by atoms with E-state index in [0.29, 0.717) is 18.7 Å². The minimum Gasteiger partial charge on any atom is -0.483 e. The van der Waals surface area contributed by atoms with Crippen LogP contribution in [0.1, 0.15) is 10.6 Å². The summed E-state index contributed by atoms with van der Waals surface area (Å²) in [6.07, 6.45) is 0.606. The fourth-order valence-electron chi connectivity index (χ4n) is 3.85. The standard InChI is InChI=1S/C21H19N3O4S3/c1-12-23-20-18(30-12)10-17(15-6-8-29-21(15)20)28-11-19(25)24-7-5-13-9-14(3-4-16(13)24)31(26,27)22-2/h3-4,6,8-10,22H,5,7,11H2,1-2H3. The monoisotopic (exact) mass is 473 g/mol. The summed E-state index contributed by atoms with van der Waals surface area (Å²) in [5.41, 5.74) is 2.55. The van der Waals surface area contributed by atoms with Crippen LogP contribution >= 0.6 is 22.7 Å². The van der Waals surface area contributed by atoms with Gasteiger partial charge in [-0.05, 0) is 55.6 Å². The molecule has 0 saturated heterocycles. The van der Waals surface area contributed by atoms with Crippen molar-refractivity contribution < 1.29 is 17.9 Å². The van der Waals surface area contributed by atoms with Gasteiger partial charge in [-0.15, -0.1) is 22.7 Å². The molecule has 160 valence electrons. The number of nitrogens with zero attached hydrogens (tertiary/aromatic N) is 2. The van der Waals surface area contributed by atoms with Crippen LogP contribution in [0.4, 0.5) is 5.69 Å². The quantitative estimate of drug-likeness (QED) is 0.478. The zero-order valence-electron chi connectivity index (χ0n) is 16.8. The topological polar surface area (TPSA) is 88.6 Å². The SMILES string of the molecule is CNS(=O)(=O)c1ccc2c(c1)CCN2C(=O)COc1cc2sc(C)nc2c2sccc12. The van der Waals surface area contributed by atoms with E-state index in [4.69, 9.17) is 4.74 Å². The van der Waals surface area contributed by atoms with E-state index in [0.717, 1.165) is 36.6 Å². The van der Waals surface area contributed by atoms with Gasteiger partial charge >= 0.3 is 0 Å². The third-order valence-electron chi connectivity index (χ3n) is 5.35. The van der Waals surface area contributed by atoms with Crippen molar-refractivity contribution in [1.82, 2.24) is 9.71 Å². The lowest BCUT2D eigenvalue weighted by Crippen LogP contribution is -2.33. The van der Waals surface area contributed by atoms with Gasteiger partial charge in [0.05, 0.1) is 24.8 Å². The van der Waals surface area contributed by atoms with Gasteiger partial charge in [-0.2, -0.15) is 0 Å². The predicted octanol–water partition coefficient (Wildman–Crippen LogP) is 3.70. The highest BCUT2D eigenvalue weighted by Crippen LogP contribution is 2.39. The van der Waals surface area contributed by atoms with E-state index in [1.165, 1.54) is 13.1 Å². The zero-order chi connectivity index (χ0) is 21.8. The van der Waals surface area contributed by atoms with Crippen LogP contribution in [0, 0.1) is 6.92 Å². The maximum Gasteiger partial charge on any atom is 0.264 e. The summed E-state index contributed by atoms with van der Waals surface area (Å²) < 4.78 is 34.5. The largest absolute Gasteiger partial charge is 0.483 e. The second kappa shape index (κ2) is 7.56. The zero-order valence-corrected chi connectivity index (χ0v) is 19.3. The molecule has 10 heteroatoms. The molecule has 0 radical (unpaired) electrons. The lowest BCUT2D eigenvalue weighted by atomic mass is 10.2. The number of carbonyl (C=O) groups excluding carboxylic acids is 1. The van der Waals surface area contributed by atoms with Crippen molar-refractivity contribution in [2.75, 3.05) is 25.1 Å². The van der Waals surface area contributed by atoms with Gasteiger partial charge in [0.25, 0.3) is 5.91 Å². The summed E-state index contributed by atoms with van der Waals surface area (Å²) in [7, 11) is -2.14. The number of sulfonamides is 1. The van der Waals surface area contributed by atoms with Crippen molar-refractivity contribution in [3.63, 3.8) is 0 Å². The second-order valence-corrected chi connectivity index (χ2v) is 11.2. The number of nitrogens with one attached hydrogen (secondary N) is 1. The number of aromatic nitrogens is 1. The van der Waals surface area contributed by atoms with Crippen molar-refractivity contribution >= 4 is 64.6 Å². The minimum atomic E-state index is -3.52. The average Bonchev–Trinajstić information content (AvgIpc) is 3.48. The van der Waals surface area contributed by atoms with E-state index in [1.807, 2.05) is 24.4 Å². The molecule has 1 N–H and O–H groups in total. The van der Waals surface area contributed by atoms with Gasteiger partial charge in [0, 0.05) is 23.7 Å². The first-order chi connectivity index (χ1) is 14.9. The Kier molecular flexibility index (Phi) is 4.97. The first-order valence-electron chi connectivity index (χ1n) is 9.64. The summed E-state index contributed by atoms with van der Waals surface area (Å²) in [4.78, 5) is 19.4. The van der Waals surface area contributed by atoms with E-state index in [9.17, 15) is 13.2 Å². The predicted molar refractivity (Wildman–Crippen MR) is 124 cm³/mol. The Hall–Kier alpha value is -2.53. The van der Waals surface area contributed by atoms with Crippen LogP contribution in [0.5, 0.6) is 5.75 Å². The number of hydrogen-bond acceptors (Lipinski definition) is 7. The number of thiazole rings is 1. The summed E-state index contributed by atoms with van der Waals surface area (Å²) in [6.45, 7) is 2.39. The highest BCUT2D eigenvalue weighted by Gasteiger charge is 2.27. The Bertz CT molecular complexity index is 1440. The number of thiophene rings is 1. The number of amides is 1. The Morgan fingerprint density at radius 3 is 2.94 bits per heavy atom. The number of benzene rings is 2. The van der Waals surface area contributed by atoms with Gasteiger partial charge in [-0.1, -0.05) is 0 Å². The van der Waals surface area contributed by atoms with Gasteiger partial charge in [0.15, 0.2) is 6.61 Å². The van der Waals surface area contributed by atoms with Gasteiger partial charge in [0.2, 0.25) is 10.0 Å². The van der Waals surface area contributed by atoms with Crippen molar-refractivity contribution in [1.29, 1.82) is 0 Å². The maximum absolute atomic E-state index is 12.9. The molecule has 0 saturated carbocycles. The lowest BCUT2D eigenvalue weighted by Gasteiger charge is -2.18. The summed E-state index contributed by atoms with van der Waals surface area (Å²) in [5, 5.41) is 3.95. The molecule has 0 atom stereocenters.